The molecule has 28 heavy (non-hydrogen) atoms. The van der Waals surface area contributed by atoms with Crippen LogP contribution in [-0.4, -0.2) is 55.3 Å². The molecule has 3 N–H and O–H groups in total. The van der Waals surface area contributed by atoms with Crippen LogP contribution in [0.2, 0.25) is 0 Å². The van der Waals surface area contributed by atoms with Gasteiger partial charge in [0.25, 0.3) is 5.91 Å². The average Bonchev–Trinajstić information content (AvgIpc) is 2.71. The SMILES string of the molecule is Cl.O=C(CCC1CCNCC1)NCc1ccc(C(=O)N2CCNC(=O)C2)cc1. The lowest BCUT2D eigenvalue weighted by molar-refractivity contribution is -0.123. The van der Waals surface area contributed by atoms with E-state index in [1.54, 1.807) is 17.0 Å². The molecule has 2 aliphatic heterocycles. The largest absolute Gasteiger partial charge is 0.353 e. The molecule has 3 amide bonds. The highest BCUT2D eigenvalue weighted by Crippen LogP contribution is 2.17. The van der Waals surface area contributed by atoms with E-state index in [0.29, 0.717) is 37.5 Å². The second kappa shape index (κ2) is 11.0. The van der Waals surface area contributed by atoms with Crippen LogP contribution in [0, 0.1) is 5.92 Å². The van der Waals surface area contributed by atoms with Crippen LogP contribution in [-0.2, 0) is 16.1 Å². The zero-order chi connectivity index (χ0) is 19.1. The Balaban J connectivity index is 0.00000280. The first-order valence-corrected chi connectivity index (χ1v) is 9.74. The standard InChI is InChI=1S/C20H28N4O3.ClH/c25-18(6-3-15-7-9-21-10-8-15)23-13-16-1-4-17(5-2-16)20(27)24-12-11-22-19(26)14-24;/h1-2,4-5,15,21H,3,6-14H2,(H,22,26)(H,23,25);1H. The van der Waals surface area contributed by atoms with Crippen LogP contribution in [0.5, 0.6) is 0 Å². The van der Waals surface area contributed by atoms with Crippen LogP contribution in [0.3, 0.4) is 0 Å². The molecule has 0 aliphatic carbocycles. The van der Waals surface area contributed by atoms with Gasteiger partial charge in [0.15, 0.2) is 0 Å². The molecule has 154 valence electrons. The first-order chi connectivity index (χ1) is 13.1. The summed E-state index contributed by atoms with van der Waals surface area (Å²) in [5.74, 6) is 0.466. The van der Waals surface area contributed by atoms with E-state index in [0.717, 1.165) is 37.9 Å². The number of carbonyl (C=O) groups is 3. The Morgan fingerprint density at radius 2 is 1.82 bits per heavy atom. The molecule has 3 rings (SSSR count). The van der Waals surface area contributed by atoms with Crippen LogP contribution in [0.1, 0.15) is 41.6 Å². The molecular formula is C20H29ClN4O3. The number of hydrogen-bond donors (Lipinski definition) is 3. The predicted molar refractivity (Wildman–Crippen MR) is 109 cm³/mol. The van der Waals surface area contributed by atoms with Crippen LogP contribution in [0.15, 0.2) is 24.3 Å². The molecule has 1 aromatic carbocycles. The van der Waals surface area contributed by atoms with Crippen LogP contribution >= 0.6 is 12.4 Å². The lowest BCUT2D eigenvalue weighted by Gasteiger charge is -2.26. The number of rotatable bonds is 6. The number of hydrogen-bond acceptors (Lipinski definition) is 4. The van der Waals surface area contributed by atoms with Crippen molar-refractivity contribution >= 4 is 30.1 Å². The molecule has 8 heteroatoms. The molecular weight excluding hydrogens is 380 g/mol. The monoisotopic (exact) mass is 408 g/mol. The Bertz CT molecular complexity index is 675. The van der Waals surface area contributed by atoms with Gasteiger partial charge < -0.3 is 20.9 Å². The van der Waals surface area contributed by atoms with E-state index in [-0.39, 0.29) is 36.7 Å². The summed E-state index contributed by atoms with van der Waals surface area (Å²) in [4.78, 5) is 37.4. The van der Waals surface area contributed by atoms with Gasteiger partial charge >= 0.3 is 0 Å². The zero-order valence-corrected chi connectivity index (χ0v) is 16.9. The van der Waals surface area contributed by atoms with Gasteiger partial charge in [0.2, 0.25) is 11.8 Å². The lowest BCUT2D eigenvalue weighted by Crippen LogP contribution is -2.49. The minimum absolute atomic E-state index is 0. The Kier molecular flexibility index (Phi) is 8.73. The molecule has 0 unspecified atom stereocenters. The average molecular weight is 409 g/mol. The van der Waals surface area contributed by atoms with Crippen molar-refractivity contribution in [3.05, 3.63) is 35.4 Å². The van der Waals surface area contributed by atoms with Gasteiger partial charge in [0.05, 0.1) is 6.54 Å². The third-order valence-corrected chi connectivity index (χ3v) is 5.25. The molecule has 0 aromatic heterocycles. The van der Waals surface area contributed by atoms with E-state index in [1.807, 2.05) is 12.1 Å². The second-order valence-corrected chi connectivity index (χ2v) is 7.28. The van der Waals surface area contributed by atoms with Crippen molar-refractivity contribution < 1.29 is 14.4 Å². The summed E-state index contributed by atoms with van der Waals surface area (Å²) in [7, 11) is 0. The minimum atomic E-state index is -0.137. The first kappa shape index (κ1) is 22.2. The summed E-state index contributed by atoms with van der Waals surface area (Å²) in [6.45, 7) is 3.70. The van der Waals surface area contributed by atoms with Gasteiger partial charge in [-0.2, -0.15) is 0 Å². The number of amides is 3. The van der Waals surface area contributed by atoms with Crippen molar-refractivity contribution in [3.8, 4) is 0 Å². The van der Waals surface area contributed by atoms with E-state index in [2.05, 4.69) is 16.0 Å². The van der Waals surface area contributed by atoms with Gasteiger partial charge in [-0.15, -0.1) is 12.4 Å². The smallest absolute Gasteiger partial charge is 0.254 e. The predicted octanol–water partition coefficient (Wildman–Crippen LogP) is 1.08. The Hall–Kier alpha value is -2.12. The van der Waals surface area contributed by atoms with Crippen molar-refractivity contribution in [2.24, 2.45) is 5.92 Å². The number of carbonyl (C=O) groups excluding carboxylic acids is 3. The summed E-state index contributed by atoms with van der Waals surface area (Å²) in [6, 6.07) is 7.21. The molecule has 2 aliphatic rings. The molecule has 0 bridgehead atoms. The number of piperidine rings is 1. The molecule has 1 aromatic rings. The molecule has 2 saturated heterocycles. The third kappa shape index (κ3) is 6.49. The van der Waals surface area contributed by atoms with E-state index >= 15 is 0 Å². The molecule has 2 heterocycles. The molecule has 0 atom stereocenters. The number of piperazine rings is 1. The zero-order valence-electron chi connectivity index (χ0n) is 16.0. The Morgan fingerprint density at radius 1 is 1.11 bits per heavy atom. The molecule has 0 radical (unpaired) electrons. The fourth-order valence-corrected chi connectivity index (χ4v) is 3.55. The lowest BCUT2D eigenvalue weighted by atomic mass is 9.93. The maximum Gasteiger partial charge on any atom is 0.254 e. The van der Waals surface area contributed by atoms with E-state index in [1.165, 1.54) is 0 Å². The molecule has 2 fully saturated rings. The van der Waals surface area contributed by atoms with E-state index in [4.69, 9.17) is 0 Å². The van der Waals surface area contributed by atoms with Crippen LogP contribution in [0.25, 0.3) is 0 Å². The highest BCUT2D eigenvalue weighted by atomic mass is 35.5. The van der Waals surface area contributed by atoms with Gasteiger partial charge in [-0.3, -0.25) is 14.4 Å². The maximum absolute atomic E-state index is 12.4. The quantitative estimate of drug-likeness (QED) is 0.656. The summed E-state index contributed by atoms with van der Waals surface area (Å²) < 4.78 is 0. The molecule has 0 spiro atoms. The highest BCUT2D eigenvalue weighted by Gasteiger charge is 2.22. The van der Waals surface area contributed by atoms with Gasteiger partial charge in [-0.1, -0.05) is 12.1 Å². The summed E-state index contributed by atoms with van der Waals surface area (Å²) in [5.41, 5.74) is 1.52. The van der Waals surface area contributed by atoms with Crippen molar-refractivity contribution in [1.29, 1.82) is 0 Å². The van der Waals surface area contributed by atoms with Crippen molar-refractivity contribution in [2.45, 2.75) is 32.2 Å². The fraction of sp³-hybridized carbons (Fsp3) is 0.550. The first-order valence-electron chi connectivity index (χ1n) is 9.74. The molecule has 7 nitrogen and oxygen atoms in total. The third-order valence-electron chi connectivity index (χ3n) is 5.25. The summed E-state index contributed by atoms with van der Waals surface area (Å²) in [6.07, 6.45) is 3.82. The van der Waals surface area contributed by atoms with Crippen molar-refractivity contribution in [3.63, 3.8) is 0 Å². The van der Waals surface area contributed by atoms with Crippen molar-refractivity contribution in [1.82, 2.24) is 20.9 Å². The fourth-order valence-electron chi connectivity index (χ4n) is 3.55. The van der Waals surface area contributed by atoms with Gasteiger partial charge in [-0.25, -0.2) is 0 Å². The summed E-state index contributed by atoms with van der Waals surface area (Å²) in [5, 5.41) is 9.00. The van der Waals surface area contributed by atoms with E-state index in [9.17, 15) is 14.4 Å². The number of nitrogens with one attached hydrogen (secondary N) is 3. The number of halogens is 1. The Morgan fingerprint density at radius 3 is 2.50 bits per heavy atom. The molecule has 0 saturated carbocycles. The van der Waals surface area contributed by atoms with Gasteiger partial charge in [-0.05, 0) is 56.0 Å². The summed E-state index contributed by atoms with van der Waals surface area (Å²) >= 11 is 0. The van der Waals surface area contributed by atoms with Crippen LogP contribution < -0.4 is 16.0 Å². The number of benzene rings is 1. The highest BCUT2D eigenvalue weighted by molar-refractivity contribution is 5.97. The van der Waals surface area contributed by atoms with Gasteiger partial charge in [0.1, 0.15) is 0 Å². The Labute approximate surface area is 172 Å². The van der Waals surface area contributed by atoms with Crippen LogP contribution in [0.4, 0.5) is 0 Å². The normalized spacial score (nSPS) is 17.4. The topological polar surface area (TPSA) is 90.5 Å². The second-order valence-electron chi connectivity index (χ2n) is 7.28. The number of nitrogens with zero attached hydrogens (tertiary/aromatic N) is 1. The van der Waals surface area contributed by atoms with E-state index < -0.39 is 0 Å². The maximum atomic E-state index is 12.4. The minimum Gasteiger partial charge on any atom is -0.353 e. The van der Waals surface area contributed by atoms with Gasteiger partial charge in [0, 0.05) is 31.6 Å². The van der Waals surface area contributed by atoms with Crippen molar-refractivity contribution in [2.75, 3.05) is 32.7 Å².